The fourth-order valence-electron chi connectivity index (χ4n) is 2.23. The Kier molecular flexibility index (Phi) is 5.43. The molecule has 1 atom stereocenters. The van der Waals surface area contributed by atoms with Crippen LogP contribution in [0.25, 0.3) is 0 Å². The minimum absolute atomic E-state index is 0.0792. The Morgan fingerprint density at radius 1 is 1.26 bits per heavy atom. The van der Waals surface area contributed by atoms with Gasteiger partial charge in [0.1, 0.15) is 0 Å². The first kappa shape index (κ1) is 16.6. The topological polar surface area (TPSA) is 92.5 Å². The maximum Gasteiger partial charge on any atom is 0.270 e. The van der Waals surface area contributed by atoms with Gasteiger partial charge in [0.05, 0.1) is 11.0 Å². The molecule has 0 aromatic heterocycles. The molecule has 0 saturated heterocycles. The number of aryl methyl sites for hydroxylation is 1. The monoisotopic (exact) mass is 314 g/mol. The smallest absolute Gasteiger partial charge is 0.270 e. The summed E-state index contributed by atoms with van der Waals surface area (Å²) in [4.78, 5) is 22.4. The van der Waals surface area contributed by atoms with Crippen LogP contribution in [0.5, 0.6) is 0 Å². The summed E-state index contributed by atoms with van der Waals surface area (Å²) in [6, 6.07) is 13.6. The van der Waals surface area contributed by atoms with E-state index in [1.54, 1.807) is 6.92 Å². The average molecular weight is 314 g/mol. The molecule has 6 nitrogen and oxygen atoms in total. The highest BCUT2D eigenvalue weighted by atomic mass is 16.6. The number of rotatable bonds is 6. The van der Waals surface area contributed by atoms with Crippen molar-refractivity contribution < 1.29 is 14.8 Å². The van der Waals surface area contributed by atoms with Crippen molar-refractivity contribution in [1.82, 2.24) is 5.32 Å². The molecule has 2 rings (SSSR count). The van der Waals surface area contributed by atoms with Crippen LogP contribution >= 0.6 is 0 Å². The Labute approximate surface area is 133 Å². The van der Waals surface area contributed by atoms with Crippen LogP contribution in [0.1, 0.15) is 21.5 Å². The molecule has 23 heavy (non-hydrogen) atoms. The second-order valence-electron chi connectivity index (χ2n) is 5.31. The van der Waals surface area contributed by atoms with Gasteiger partial charge in [-0.15, -0.1) is 0 Å². The first-order valence-corrected chi connectivity index (χ1v) is 7.22. The molecule has 0 heterocycles. The minimum atomic E-state index is -0.722. The molecule has 0 radical (unpaired) electrons. The quantitative estimate of drug-likeness (QED) is 0.631. The standard InChI is InChI=1S/C17H18N2O4/c1-12-7-8-14(19(22)23)10-16(12)17(21)18-11-15(20)9-13-5-3-2-4-6-13/h2-8,10,15,20H,9,11H2,1H3,(H,18,21)/t15-/m0/s1. The minimum Gasteiger partial charge on any atom is -0.391 e. The number of carbonyl (C=O) groups is 1. The van der Waals surface area contributed by atoms with E-state index in [9.17, 15) is 20.0 Å². The van der Waals surface area contributed by atoms with Crippen LogP contribution in [0.3, 0.4) is 0 Å². The summed E-state index contributed by atoms with van der Waals surface area (Å²) < 4.78 is 0. The summed E-state index contributed by atoms with van der Waals surface area (Å²) in [6.45, 7) is 1.79. The van der Waals surface area contributed by atoms with Gasteiger partial charge < -0.3 is 10.4 Å². The van der Waals surface area contributed by atoms with E-state index in [0.29, 0.717) is 12.0 Å². The fraction of sp³-hybridized carbons (Fsp3) is 0.235. The maximum absolute atomic E-state index is 12.2. The van der Waals surface area contributed by atoms with Crippen molar-refractivity contribution in [2.24, 2.45) is 0 Å². The predicted octanol–water partition coefficient (Wildman–Crippen LogP) is 2.24. The number of aliphatic hydroxyl groups is 1. The summed E-state index contributed by atoms with van der Waals surface area (Å²) in [5, 5.41) is 23.4. The van der Waals surface area contributed by atoms with Crippen molar-refractivity contribution in [3.63, 3.8) is 0 Å². The first-order chi connectivity index (χ1) is 11.0. The maximum atomic E-state index is 12.2. The van der Waals surface area contributed by atoms with E-state index in [0.717, 1.165) is 5.56 Å². The number of non-ortho nitro benzene ring substituents is 1. The second kappa shape index (κ2) is 7.51. The van der Waals surface area contributed by atoms with Gasteiger partial charge in [0, 0.05) is 30.7 Å². The molecule has 0 aliphatic rings. The molecule has 0 bridgehead atoms. The predicted molar refractivity (Wildman–Crippen MR) is 86.3 cm³/mol. The van der Waals surface area contributed by atoms with Crippen LogP contribution in [-0.4, -0.2) is 28.6 Å². The molecule has 2 N–H and O–H groups in total. The van der Waals surface area contributed by atoms with E-state index in [1.165, 1.54) is 18.2 Å². The SMILES string of the molecule is Cc1ccc([N+](=O)[O-])cc1C(=O)NC[C@@H](O)Cc1ccccc1. The van der Waals surface area contributed by atoms with Gasteiger partial charge in [0.15, 0.2) is 0 Å². The molecule has 2 aromatic rings. The van der Waals surface area contributed by atoms with Gasteiger partial charge in [-0.25, -0.2) is 0 Å². The Hall–Kier alpha value is -2.73. The van der Waals surface area contributed by atoms with Gasteiger partial charge in [-0.1, -0.05) is 36.4 Å². The summed E-state index contributed by atoms with van der Waals surface area (Å²) in [5.41, 5.74) is 1.73. The lowest BCUT2D eigenvalue weighted by molar-refractivity contribution is -0.384. The average Bonchev–Trinajstić information content (AvgIpc) is 2.53. The van der Waals surface area contributed by atoms with Crippen LogP contribution in [-0.2, 0) is 6.42 Å². The number of nitro benzene ring substituents is 1. The van der Waals surface area contributed by atoms with Crippen molar-refractivity contribution in [2.45, 2.75) is 19.4 Å². The van der Waals surface area contributed by atoms with Crippen LogP contribution < -0.4 is 5.32 Å². The van der Waals surface area contributed by atoms with Crippen LogP contribution in [0, 0.1) is 17.0 Å². The van der Waals surface area contributed by atoms with Gasteiger partial charge in [-0.2, -0.15) is 0 Å². The molecular formula is C17H18N2O4. The Bertz CT molecular complexity index is 701. The molecule has 0 spiro atoms. The Morgan fingerprint density at radius 2 is 1.96 bits per heavy atom. The van der Waals surface area contributed by atoms with Crippen molar-refractivity contribution in [3.8, 4) is 0 Å². The summed E-state index contributed by atoms with van der Waals surface area (Å²) >= 11 is 0. The van der Waals surface area contributed by atoms with Crippen molar-refractivity contribution >= 4 is 11.6 Å². The molecule has 120 valence electrons. The number of nitro groups is 1. The third-order valence-electron chi connectivity index (χ3n) is 3.49. The third-order valence-corrected chi connectivity index (χ3v) is 3.49. The number of nitrogens with one attached hydrogen (secondary N) is 1. The lowest BCUT2D eigenvalue weighted by Gasteiger charge is -2.13. The molecule has 6 heteroatoms. The molecule has 1 amide bonds. The fourth-order valence-corrected chi connectivity index (χ4v) is 2.23. The van der Waals surface area contributed by atoms with Crippen LogP contribution in [0.2, 0.25) is 0 Å². The van der Waals surface area contributed by atoms with Gasteiger partial charge >= 0.3 is 0 Å². The lowest BCUT2D eigenvalue weighted by atomic mass is 10.1. The first-order valence-electron chi connectivity index (χ1n) is 7.22. The van der Waals surface area contributed by atoms with E-state index < -0.39 is 16.9 Å². The highest BCUT2D eigenvalue weighted by Gasteiger charge is 2.15. The molecular weight excluding hydrogens is 296 g/mol. The van der Waals surface area contributed by atoms with E-state index in [-0.39, 0.29) is 17.8 Å². The zero-order chi connectivity index (χ0) is 16.8. The van der Waals surface area contributed by atoms with E-state index >= 15 is 0 Å². The lowest BCUT2D eigenvalue weighted by Crippen LogP contribution is -2.33. The largest absolute Gasteiger partial charge is 0.391 e. The Morgan fingerprint density at radius 3 is 2.61 bits per heavy atom. The van der Waals surface area contributed by atoms with Crippen LogP contribution in [0.15, 0.2) is 48.5 Å². The molecule has 2 aromatic carbocycles. The second-order valence-corrected chi connectivity index (χ2v) is 5.31. The number of carbonyl (C=O) groups excluding carboxylic acids is 1. The van der Waals surface area contributed by atoms with Gasteiger partial charge in [-0.3, -0.25) is 14.9 Å². The number of hydrogen-bond acceptors (Lipinski definition) is 4. The zero-order valence-corrected chi connectivity index (χ0v) is 12.7. The van der Waals surface area contributed by atoms with E-state index in [4.69, 9.17) is 0 Å². The van der Waals surface area contributed by atoms with Gasteiger partial charge in [-0.05, 0) is 18.1 Å². The molecule has 0 saturated carbocycles. The zero-order valence-electron chi connectivity index (χ0n) is 12.7. The summed E-state index contributed by atoms with van der Waals surface area (Å²) in [5.74, 6) is -0.432. The van der Waals surface area contributed by atoms with Crippen molar-refractivity contribution in [1.29, 1.82) is 0 Å². The van der Waals surface area contributed by atoms with E-state index in [1.807, 2.05) is 30.3 Å². The third kappa shape index (κ3) is 4.62. The molecule has 0 aliphatic heterocycles. The Balaban J connectivity index is 1.97. The van der Waals surface area contributed by atoms with Gasteiger partial charge in [0.25, 0.3) is 11.6 Å². The normalized spacial score (nSPS) is 11.7. The van der Waals surface area contributed by atoms with Crippen molar-refractivity contribution in [3.05, 3.63) is 75.3 Å². The number of amides is 1. The molecule has 0 fully saturated rings. The summed E-state index contributed by atoms with van der Waals surface area (Å²) in [6.07, 6.45) is -0.296. The number of aliphatic hydroxyl groups excluding tert-OH is 1. The van der Waals surface area contributed by atoms with Crippen molar-refractivity contribution in [2.75, 3.05) is 6.54 Å². The molecule has 0 aliphatic carbocycles. The summed E-state index contributed by atoms with van der Waals surface area (Å²) in [7, 11) is 0. The highest BCUT2D eigenvalue weighted by molar-refractivity contribution is 5.96. The molecule has 0 unspecified atom stereocenters. The highest BCUT2D eigenvalue weighted by Crippen LogP contribution is 2.17. The van der Waals surface area contributed by atoms with E-state index in [2.05, 4.69) is 5.32 Å². The number of hydrogen-bond donors (Lipinski definition) is 2. The number of benzene rings is 2. The van der Waals surface area contributed by atoms with Gasteiger partial charge in [0.2, 0.25) is 0 Å². The number of nitrogens with zero attached hydrogens (tertiary/aromatic N) is 1. The van der Waals surface area contributed by atoms with Crippen LogP contribution in [0.4, 0.5) is 5.69 Å².